The molecule has 0 saturated heterocycles. The van der Waals surface area contributed by atoms with Gasteiger partial charge < -0.3 is 20.0 Å². The van der Waals surface area contributed by atoms with Crippen LogP contribution in [0, 0.1) is 0 Å². The van der Waals surface area contributed by atoms with Gasteiger partial charge in [-0.3, -0.25) is 0 Å². The third-order valence-electron chi connectivity index (χ3n) is 12.7. The van der Waals surface area contributed by atoms with Crippen molar-refractivity contribution in [2.24, 2.45) is 0 Å². The van der Waals surface area contributed by atoms with E-state index in [2.05, 4.69) is 151 Å². The lowest BCUT2D eigenvalue weighted by molar-refractivity contribution is -0.455. The number of para-hydroxylation sites is 2. The Morgan fingerprint density at radius 1 is 0.629 bits per heavy atom. The van der Waals surface area contributed by atoms with Gasteiger partial charge in [-0.1, -0.05) is 97.7 Å². The van der Waals surface area contributed by atoms with Crippen LogP contribution in [-0.2, 0) is 23.9 Å². The van der Waals surface area contributed by atoms with Crippen molar-refractivity contribution in [3.8, 4) is 11.5 Å². The summed E-state index contributed by atoms with van der Waals surface area (Å²) in [5, 5.41) is 21.6. The average Bonchev–Trinajstić information content (AvgIpc) is 3.82. The topological polar surface area (TPSA) is 50.0 Å². The summed E-state index contributed by atoms with van der Waals surface area (Å²) >= 11 is 13.3. The van der Waals surface area contributed by atoms with E-state index in [0.717, 1.165) is 56.8 Å². The number of rotatable bonds is 10. The van der Waals surface area contributed by atoms with E-state index in [1.165, 1.54) is 39.4 Å². The van der Waals surface area contributed by atoms with E-state index in [1.807, 2.05) is 36.4 Å². The van der Waals surface area contributed by atoms with Crippen LogP contribution >= 0.6 is 23.2 Å². The number of anilines is 3. The van der Waals surface area contributed by atoms with Crippen molar-refractivity contribution in [1.29, 1.82) is 0 Å². The Bertz CT molecular complexity index is 2780. The molecule has 5 nitrogen and oxygen atoms in total. The molecule has 0 amide bonds. The zero-order valence-corrected chi connectivity index (χ0v) is 37.0. The second-order valence-electron chi connectivity index (χ2n) is 17.4. The van der Waals surface area contributed by atoms with Crippen molar-refractivity contribution >= 4 is 51.7 Å². The molecule has 0 fully saturated rings. The molecule has 2 N–H and O–H groups in total. The smallest absolute Gasteiger partial charge is 0.210 e. The summed E-state index contributed by atoms with van der Waals surface area (Å²) in [7, 11) is 0. The van der Waals surface area contributed by atoms with Gasteiger partial charge in [-0.15, -0.1) is 0 Å². The molecule has 0 spiro atoms. The Hall–Kier alpha value is -6.27. The lowest BCUT2D eigenvalue weighted by atomic mass is 9.81. The molecule has 6 aromatic carbocycles. The Morgan fingerprint density at radius 2 is 1.21 bits per heavy atom. The van der Waals surface area contributed by atoms with Crippen LogP contribution in [0.3, 0.4) is 0 Å². The first kappa shape index (κ1) is 41.1. The fourth-order valence-electron chi connectivity index (χ4n) is 9.45. The summed E-state index contributed by atoms with van der Waals surface area (Å²) in [6.45, 7) is 10.4. The van der Waals surface area contributed by atoms with E-state index >= 15 is 0 Å². The second-order valence-corrected chi connectivity index (χ2v) is 18.3. The molecule has 0 atom stereocenters. The van der Waals surface area contributed by atoms with Gasteiger partial charge in [0.2, 0.25) is 5.69 Å². The van der Waals surface area contributed by atoms with E-state index in [-0.39, 0.29) is 22.3 Å². The molecular formula is C55H50Cl2N3O2+. The molecule has 6 aromatic rings. The van der Waals surface area contributed by atoms with E-state index in [9.17, 15) is 10.2 Å². The minimum atomic E-state index is -0.332. The molecular weight excluding hydrogens is 806 g/mol. The maximum Gasteiger partial charge on any atom is 0.210 e. The molecule has 7 heteroatoms. The molecule has 0 aromatic heterocycles. The van der Waals surface area contributed by atoms with Crippen molar-refractivity contribution < 1.29 is 14.8 Å². The summed E-state index contributed by atoms with van der Waals surface area (Å²) in [4.78, 5) is 4.80. The average molecular weight is 856 g/mol. The molecule has 310 valence electrons. The molecule has 2 heterocycles. The van der Waals surface area contributed by atoms with Crippen molar-refractivity contribution in [3.63, 3.8) is 0 Å². The molecule has 62 heavy (non-hydrogen) atoms. The molecule has 3 aliphatic rings. The van der Waals surface area contributed by atoms with Crippen molar-refractivity contribution in [1.82, 2.24) is 0 Å². The summed E-state index contributed by atoms with van der Waals surface area (Å²) in [6, 6.07) is 48.7. The highest BCUT2D eigenvalue weighted by atomic mass is 35.5. The Morgan fingerprint density at radius 3 is 1.84 bits per heavy atom. The first-order valence-corrected chi connectivity index (χ1v) is 22.0. The zero-order valence-electron chi connectivity index (χ0n) is 35.5. The highest BCUT2D eigenvalue weighted by molar-refractivity contribution is 6.31. The normalized spacial score (nSPS) is 17.7. The van der Waals surface area contributed by atoms with Crippen LogP contribution < -0.4 is 9.80 Å². The van der Waals surface area contributed by atoms with Gasteiger partial charge in [-0.25, -0.2) is 0 Å². The Kier molecular flexibility index (Phi) is 11.0. The lowest BCUT2D eigenvalue weighted by Gasteiger charge is -2.29. The van der Waals surface area contributed by atoms with Gasteiger partial charge in [0.15, 0.2) is 12.3 Å². The summed E-state index contributed by atoms with van der Waals surface area (Å²) in [5.74, 6) is 0.507. The third kappa shape index (κ3) is 7.76. The Balaban J connectivity index is 1.21. The van der Waals surface area contributed by atoms with Crippen molar-refractivity contribution in [2.75, 3.05) is 9.80 Å². The number of allylic oxidation sites excluding steroid dienone is 7. The molecule has 0 unspecified atom stereocenters. The van der Waals surface area contributed by atoms with Gasteiger partial charge in [0.25, 0.3) is 0 Å². The zero-order chi connectivity index (χ0) is 43.2. The van der Waals surface area contributed by atoms with E-state index in [4.69, 9.17) is 23.2 Å². The monoisotopic (exact) mass is 854 g/mol. The highest BCUT2D eigenvalue weighted by Gasteiger charge is 2.45. The second kappa shape index (κ2) is 16.5. The standard InChI is InChI=1S/C55H49Cl2N3O2/c1-54(2)47-33-41(56)23-29-49(47)58(35-37-15-25-45(61)26-16-37)51(54)31-21-39-19-20-40(53(39)60(43-11-7-5-8-12-43)44-13-9-6-10-14-44)22-32-52-55(3,4)48-34-42(57)24-30-50(48)59(52)36-38-17-27-46(62)28-18-38/h5-18,21-34H,19-20,35-36H2,1-4H3,(H-,61,62)/p+1. The predicted octanol–water partition coefficient (Wildman–Crippen LogP) is 14.2. The predicted molar refractivity (Wildman–Crippen MR) is 257 cm³/mol. The first-order chi connectivity index (χ1) is 29.9. The van der Waals surface area contributed by atoms with E-state index in [0.29, 0.717) is 13.1 Å². The number of benzene rings is 6. The number of phenolic OH excluding ortho intramolecular Hbond substituents is 2. The summed E-state index contributed by atoms with van der Waals surface area (Å²) in [6.07, 6.45) is 11.0. The number of halogens is 2. The molecule has 2 aliphatic heterocycles. The van der Waals surface area contributed by atoms with E-state index < -0.39 is 0 Å². The van der Waals surface area contributed by atoms with Crippen LogP contribution in [0.4, 0.5) is 22.7 Å². The molecule has 9 rings (SSSR count). The van der Waals surface area contributed by atoms with Crippen molar-refractivity contribution in [3.05, 3.63) is 225 Å². The van der Waals surface area contributed by atoms with Crippen LogP contribution in [-0.4, -0.2) is 20.5 Å². The van der Waals surface area contributed by atoms with Crippen molar-refractivity contribution in [2.45, 2.75) is 64.5 Å². The molecule has 0 bridgehead atoms. The van der Waals surface area contributed by atoms with Crippen LogP contribution in [0.5, 0.6) is 11.5 Å². The SMILES string of the molecule is CC1(C)C(/C=C/C2=C(N(c3ccccc3)c3ccccc3)C(=C/C=C3/N(Cc4ccc(O)cc4)c4ccc(Cl)cc4C3(C)C)/CC2)=[N+](Cc2ccc(O)cc2)c2ccc(Cl)cc21. The highest BCUT2D eigenvalue weighted by Crippen LogP contribution is 2.50. The summed E-state index contributed by atoms with van der Waals surface area (Å²) < 4.78 is 2.39. The van der Waals surface area contributed by atoms with Gasteiger partial charge in [-0.2, -0.15) is 4.58 Å². The molecule has 0 radical (unpaired) electrons. The first-order valence-electron chi connectivity index (χ1n) is 21.2. The molecule has 1 aliphatic carbocycles. The fraction of sp³-hybridized carbons (Fsp3) is 0.182. The maximum absolute atomic E-state index is 10.1. The van der Waals surface area contributed by atoms with Crippen LogP contribution in [0.2, 0.25) is 10.0 Å². The van der Waals surface area contributed by atoms with Gasteiger partial charge in [0.1, 0.15) is 11.5 Å². The minimum Gasteiger partial charge on any atom is -0.508 e. The van der Waals surface area contributed by atoms with Crippen LogP contribution in [0.25, 0.3) is 0 Å². The number of aromatic hydroxyl groups is 2. The van der Waals surface area contributed by atoms with Crippen LogP contribution in [0.1, 0.15) is 62.8 Å². The van der Waals surface area contributed by atoms with Gasteiger partial charge >= 0.3 is 0 Å². The number of hydrogen-bond acceptors (Lipinski definition) is 4. The lowest BCUT2D eigenvalue weighted by Crippen LogP contribution is -2.27. The van der Waals surface area contributed by atoms with E-state index in [1.54, 1.807) is 24.3 Å². The fourth-order valence-corrected chi connectivity index (χ4v) is 9.79. The third-order valence-corrected chi connectivity index (χ3v) is 13.1. The largest absolute Gasteiger partial charge is 0.508 e. The minimum absolute atomic E-state index is 0.254. The van der Waals surface area contributed by atoms with Gasteiger partial charge in [-0.05, 0) is 146 Å². The summed E-state index contributed by atoms with van der Waals surface area (Å²) in [5.41, 5.74) is 14.3. The number of nitrogens with zero attached hydrogens (tertiary/aromatic N) is 3. The van der Waals surface area contributed by atoms with Gasteiger partial charge in [0, 0.05) is 68.0 Å². The Labute approximate surface area is 375 Å². The van der Waals surface area contributed by atoms with Gasteiger partial charge in [0.05, 0.1) is 11.1 Å². The van der Waals surface area contributed by atoms with Crippen LogP contribution in [0.15, 0.2) is 192 Å². The number of hydrogen-bond donors (Lipinski definition) is 2. The number of fused-ring (bicyclic) bond motifs is 2. The maximum atomic E-state index is 10.1. The molecule has 0 saturated carbocycles. The quantitative estimate of drug-likeness (QED) is 0.135. The number of phenols is 2.